The van der Waals surface area contributed by atoms with E-state index in [4.69, 9.17) is 0 Å². The summed E-state index contributed by atoms with van der Waals surface area (Å²) in [4.78, 5) is 27.3. The van der Waals surface area contributed by atoms with E-state index in [2.05, 4.69) is 10.00 Å². The molecular weight excluding hydrogens is 436 g/mol. The largest absolute Gasteiger partial charge is 0.303 e. The lowest BCUT2D eigenvalue weighted by molar-refractivity contribution is -0.118. The van der Waals surface area contributed by atoms with Gasteiger partial charge in [-0.2, -0.15) is 5.10 Å². The zero-order chi connectivity index (χ0) is 23.9. The molecule has 0 saturated carbocycles. The number of rotatable bonds is 10. The predicted octanol–water partition coefficient (Wildman–Crippen LogP) is 4.61. The van der Waals surface area contributed by atoms with Crippen LogP contribution in [0.3, 0.4) is 0 Å². The fourth-order valence-corrected chi connectivity index (χ4v) is 4.36. The number of benzene rings is 2. The van der Waals surface area contributed by atoms with Gasteiger partial charge in [0.05, 0.1) is 12.2 Å². The second-order valence-corrected chi connectivity index (χ2v) is 8.88. The minimum atomic E-state index is -0.967. The fraction of sp³-hybridized carbons (Fsp3) is 0.370. The van der Waals surface area contributed by atoms with Crippen molar-refractivity contribution in [1.82, 2.24) is 14.7 Å². The maximum atomic E-state index is 13.6. The quantitative estimate of drug-likeness (QED) is 0.410. The molecule has 1 aromatic heterocycles. The van der Waals surface area contributed by atoms with Crippen LogP contribution >= 0.6 is 0 Å². The Bertz CT molecular complexity index is 1200. The molecule has 7 heteroatoms. The number of likely N-dealkylation sites (tertiary alicyclic amines) is 1. The lowest BCUT2D eigenvalue weighted by Gasteiger charge is -2.13. The summed E-state index contributed by atoms with van der Waals surface area (Å²) in [5, 5.41) is 4.33. The number of carbonyl (C=O) groups is 1. The number of hydrogen-bond donors (Lipinski definition) is 0. The fourth-order valence-electron chi connectivity index (χ4n) is 4.36. The molecule has 0 spiro atoms. The number of ketones is 1. The van der Waals surface area contributed by atoms with Crippen LogP contribution in [-0.2, 0) is 17.8 Å². The van der Waals surface area contributed by atoms with Gasteiger partial charge in [0.2, 0.25) is 0 Å². The van der Waals surface area contributed by atoms with Crippen LogP contribution < -0.4 is 5.56 Å². The van der Waals surface area contributed by atoms with E-state index in [9.17, 15) is 18.4 Å². The molecule has 0 atom stereocenters. The first kappa shape index (κ1) is 24.0. The van der Waals surface area contributed by atoms with E-state index in [0.29, 0.717) is 24.1 Å². The van der Waals surface area contributed by atoms with Gasteiger partial charge in [-0.05, 0) is 80.7 Å². The predicted molar refractivity (Wildman–Crippen MR) is 128 cm³/mol. The molecule has 34 heavy (non-hydrogen) atoms. The number of unbranched alkanes of at least 4 members (excludes halogenated alkanes) is 1. The summed E-state index contributed by atoms with van der Waals surface area (Å²) in [6.07, 6.45) is 5.47. The highest BCUT2D eigenvalue weighted by Gasteiger charge is 2.12. The molecule has 0 unspecified atom stereocenters. The molecule has 1 aliphatic rings. The number of hydrogen-bond acceptors (Lipinski definition) is 4. The molecule has 5 nitrogen and oxygen atoms in total. The van der Waals surface area contributed by atoms with Crippen molar-refractivity contribution >= 4 is 5.78 Å². The summed E-state index contributed by atoms with van der Waals surface area (Å²) >= 11 is 0. The Morgan fingerprint density at radius 3 is 2.50 bits per heavy atom. The normalized spacial score (nSPS) is 13.9. The number of aromatic nitrogens is 2. The van der Waals surface area contributed by atoms with Gasteiger partial charge in [0.15, 0.2) is 11.6 Å². The lowest BCUT2D eigenvalue weighted by Crippen LogP contribution is -2.23. The maximum absolute atomic E-state index is 13.6. The van der Waals surface area contributed by atoms with Crippen LogP contribution in [0, 0.1) is 11.6 Å². The summed E-state index contributed by atoms with van der Waals surface area (Å²) in [5.74, 6) is -1.69. The van der Waals surface area contributed by atoms with Crippen LogP contribution in [0.1, 0.15) is 43.2 Å². The van der Waals surface area contributed by atoms with Gasteiger partial charge in [-0.25, -0.2) is 13.5 Å². The van der Waals surface area contributed by atoms with Crippen LogP contribution in [0.15, 0.2) is 59.4 Å². The minimum absolute atomic E-state index is 0.216. The Hall–Kier alpha value is -3.19. The van der Waals surface area contributed by atoms with Gasteiger partial charge in [0.25, 0.3) is 5.56 Å². The highest BCUT2D eigenvalue weighted by Crippen LogP contribution is 2.19. The summed E-state index contributed by atoms with van der Waals surface area (Å²) < 4.78 is 28.1. The van der Waals surface area contributed by atoms with Gasteiger partial charge in [0.1, 0.15) is 5.78 Å². The molecule has 4 rings (SSSR count). The smallest absolute Gasteiger partial charge is 0.267 e. The molecule has 3 aromatic rings. The number of nitrogens with zero attached hydrogens (tertiary/aromatic N) is 3. The number of carbonyl (C=O) groups excluding carboxylic acids is 1. The average Bonchev–Trinajstić information content (AvgIpc) is 3.34. The highest BCUT2D eigenvalue weighted by atomic mass is 19.2. The van der Waals surface area contributed by atoms with Gasteiger partial charge in [0, 0.05) is 24.5 Å². The van der Waals surface area contributed by atoms with Crippen LogP contribution in [0.5, 0.6) is 0 Å². The van der Waals surface area contributed by atoms with Crippen molar-refractivity contribution in [2.24, 2.45) is 0 Å². The SMILES string of the molecule is O=C(CCCCN1CCCC1)Cc1cccc(Cn2nc(-c3ccc(F)c(F)c3)ccc2=O)c1. The van der Waals surface area contributed by atoms with Crippen LogP contribution in [-0.4, -0.2) is 40.1 Å². The van der Waals surface area contributed by atoms with E-state index >= 15 is 0 Å². The first-order valence-corrected chi connectivity index (χ1v) is 11.8. The topological polar surface area (TPSA) is 55.2 Å². The maximum Gasteiger partial charge on any atom is 0.267 e. The van der Waals surface area contributed by atoms with Gasteiger partial charge in [-0.3, -0.25) is 9.59 Å². The van der Waals surface area contributed by atoms with Gasteiger partial charge >= 0.3 is 0 Å². The van der Waals surface area contributed by atoms with Crippen LogP contribution in [0.2, 0.25) is 0 Å². The van der Waals surface area contributed by atoms with E-state index in [0.717, 1.165) is 42.6 Å². The molecule has 1 saturated heterocycles. The van der Waals surface area contributed by atoms with E-state index < -0.39 is 11.6 Å². The zero-order valence-corrected chi connectivity index (χ0v) is 19.2. The van der Waals surface area contributed by atoms with E-state index in [1.54, 1.807) is 0 Å². The number of halogens is 2. The van der Waals surface area contributed by atoms with Crippen molar-refractivity contribution in [1.29, 1.82) is 0 Å². The van der Waals surface area contributed by atoms with Crippen molar-refractivity contribution in [3.63, 3.8) is 0 Å². The Morgan fingerprint density at radius 2 is 1.71 bits per heavy atom. The van der Waals surface area contributed by atoms with Gasteiger partial charge < -0.3 is 4.90 Å². The van der Waals surface area contributed by atoms with E-state index in [-0.39, 0.29) is 17.9 Å². The van der Waals surface area contributed by atoms with Crippen LogP contribution in [0.4, 0.5) is 8.78 Å². The second-order valence-electron chi connectivity index (χ2n) is 8.88. The minimum Gasteiger partial charge on any atom is -0.303 e. The Balaban J connectivity index is 1.36. The summed E-state index contributed by atoms with van der Waals surface area (Å²) in [6, 6.07) is 14.0. The van der Waals surface area contributed by atoms with Crippen molar-refractivity contribution < 1.29 is 13.6 Å². The molecule has 178 valence electrons. The summed E-state index contributed by atoms with van der Waals surface area (Å²) in [7, 11) is 0. The van der Waals surface area contributed by atoms with Gasteiger partial charge in [-0.15, -0.1) is 0 Å². The molecule has 0 amide bonds. The first-order chi connectivity index (χ1) is 16.5. The van der Waals surface area contributed by atoms with Crippen molar-refractivity contribution in [2.75, 3.05) is 19.6 Å². The molecule has 2 aromatic carbocycles. The monoisotopic (exact) mass is 465 g/mol. The average molecular weight is 466 g/mol. The third-order valence-electron chi connectivity index (χ3n) is 6.19. The zero-order valence-electron chi connectivity index (χ0n) is 19.2. The lowest BCUT2D eigenvalue weighted by atomic mass is 10.0. The van der Waals surface area contributed by atoms with Crippen molar-refractivity contribution in [3.8, 4) is 11.3 Å². The van der Waals surface area contributed by atoms with Gasteiger partial charge in [-0.1, -0.05) is 24.3 Å². The summed E-state index contributed by atoms with van der Waals surface area (Å²) in [5.41, 5.74) is 2.21. The Morgan fingerprint density at radius 1 is 0.912 bits per heavy atom. The molecular formula is C27H29F2N3O2. The Kier molecular flexibility index (Phi) is 7.95. The van der Waals surface area contributed by atoms with E-state index in [1.807, 2.05) is 24.3 Å². The molecule has 0 bridgehead atoms. The molecule has 0 N–H and O–H groups in total. The molecule has 0 aliphatic carbocycles. The van der Waals surface area contributed by atoms with Crippen LogP contribution in [0.25, 0.3) is 11.3 Å². The van der Waals surface area contributed by atoms with Crippen molar-refractivity contribution in [2.45, 2.75) is 45.1 Å². The molecule has 0 radical (unpaired) electrons. The molecule has 2 heterocycles. The second kappa shape index (κ2) is 11.3. The third kappa shape index (κ3) is 6.44. The Labute approximate surface area is 198 Å². The van der Waals surface area contributed by atoms with E-state index in [1.165, 1.54) is 48.8 Å². The summed E-state index contributed by atoms with van der Waals surface area (Å²) in [6.45, 7) is 3.66. The number of Topliss-reactive ketones (excluding diaryl/α,β-unsaturated/α-hetero) is 1. The third-order valence-corrected chi connectivity index (χ3v) is 6.19. The molecule has 1 aliphatic heterocycles. The first-order valence-electron chi connectivity index (χ1n) is 11.8. The highest BCUT2D eigenvalue weighted by molar-refractivity contribution is 5.80. The molecule has 1 fully saturated rings. The van der Waals surface area contributed by atoms with Crippen molar-refractivity contribution in [3.05, 3.63) is 87.7 Å². The standard InChI is InChI=1S/C27H29F2N3O2/c28-24-10-9-22(18-25(24)29)26-11-12-27(34)32(30-26)19-21-7-5-6-20(16-21)17-23(33)8-1-2-13-31-14-3-4-15-31/h5-7,9-12,16,18H,1-4,8,13-15,17,19H2.